The molecule has 1 N–H and O–H groups in total. The van der Waals surface area contributed by atoms with E-state index in [0.717, 1.165) is 5.56 Å². The van der Waals surface area contributed by atoms with Crippen molar-refractivity contribution in [2.75, 3.05) is 0 Å². The molecule has 4 nitrogen and oxygen atoms in total. The number of esters is 1. The van der Waals surface area contributed by atoms with Crippen molar-refractivity contribution in [3.05, 3.63) is 48.6 Å². The number of rotatable bonds is 7. The largest absolute Gasteiger partial charge is 0.481 e. The second-order valence-electron chi connectivity index (χ2n) is 3.85. The molecule has 0 aromatic heterocycles. The summed E-state index contributed by atoms with van der Waals surface area (Å²) in [6, 6.07) is 9.58. The van der Waals surface area contributed by atoms with Crippen molar-refractivity contribution >= 4 is 11.9 Å². The first-order valence-corrected chi connectivity index (χ1v) is 5.69. The molecule has 0 radical (unpaired) electrons. The first kappa shape index (κ1) is 14.0. The molecule has 96 valence electrons. The summed E-state index contributed by atoms with van der Waals surface area (Å²) in [6.45, 7) is 3.61. The van der Waals surface area contributed by atoms with Crippen molar-refractivity contribution in [2.24, 2.45) is 0 Å². The lowest BCUT2D eigenvalue weighted by molar-refractivity contribution is -0.150. The van der Waals surface area contributed by atoms with E-state index in [9.17, 15) is 9.59 Å². The molecular formula is C14H16O4. The van der Waals surface area contributed by atoms with E-state index >= 15 is 0 Å². The topological polar surface area (TPSA) is 63.6 Å². The van der Waals surface area contributed by atoms with E-state index in [1.807, 2.05) is 30.3 Å². The molecule has 1 atom stereocenters. The molecule has 0 spiro atoms. The van der Waals surface area contributed by atoms with Gasteiger partial charge in [0.1, 0.15) is 6.10 Å². The summed E-state index contributed by atoms with van der Waals surface area (Å²) in [5.41, 5.74) is 1.04. The number of carbonyl (C=O) groups is 2. The highest BCUT2D eigenvalue weighted by Crippen LogP contribution is 2.08. The van der Waals surface area contributed by atoms with Crippen LogP contribution in [0.3, 0.4) is 0 Å². The van der Waals surface area contributed by atoms with Crippen molar-refractivity contribution in [3.63, 3.8) is 0 Å². The third-order valence-electron chi connectivity index (χ3n) is 2.37. The average molecular weight is 248 g/mol. The molecule has 0 saturated heterocycles. The zero-order valence-corrected chi connectivity index (χ0v) is 10.0. The summed E-state index contributed by atoms with van der Waals surface area (Å²) in [7, 11) is 0. The number of hydrogen-bond acceptors (Lipinski definition) is 3. The third kappa shape index (κ3) is 5.30. The minimum atomic E-state index is -1.01. The van der Waals surface area contributed by atoms with Crippen molar-refractivity contribution in [3.8, 4) is 0 Å². The first-order chi connectivity index (χ1) is 8.61. The molecule has 0 heterocycles. The van der Waals surface area contributed by atoms with Gasteiger partial charge in [-0.1, -0.05) is 43.0 Å². The Bertz CT molecular complexity index is 411. The Kier molecular flexibility index (Phi) is 5.64. The van der Waals surface area contributed by atoms with Gasteiger partial charge in [-0.25, -0.2) is 0 Å². The number of carbonyl (C=O) groups excluding carboxylic acids is 1. The maximum absolute atomic E-state index is 11.4. The van der Waals surface area contributed by atoms with E-state index in [0.29, 0.717) is 6.42 Å². The van der Waals surface area contributed by atoms with Crippen LogP contribution in [0.1, 0.15) is 18.4 Å². The molecule has 0 saturated carbocycles. The summed E-state index contributed by atoms with van der Waals surface area (Å²) in [5, 5.41) is 8.46. The van der Waals surface area contributed by atoms with Crippen LogP contribution in [0, 0.1) is 0 Å². The van der Waals surface area contributed by atoms with Gasteiger partial charge in [-0.3, -0.25) is 9.59 Å². The van der Waals surface area contributed by atoms with Crippen LogP contribution in [0.5, 0.6) is 0 Å². The number of benzene rings is 1. The van der Waals surface area contributed by atoms with Gasteiger partial charge in [0, 0.05) is 6.42 Å². The molecule has 0 aliphatic carbocycles. The SMILES string of the molecule is C=CC(Cc1ccccc1)OC(=O)CCC(=O)O. The lowest BCUT2D eigenvalue weighted by atomic mass is 10.1. The highest BCUT2D eigenvalue weighted by atomic mass is 16.5. The lowest BCUT2D eigenvalue weighted by Gasteiger charge is -2.13. The summed E-state index contributed by atoms with van der Waals surface area (Å²) < 4.78 is 5.13. The predicted molar refractivity (Wildman–Crippen MR) is 67.1 cm³/mol. The van der Waals surface area contributed by atoms with Gasteiger partial charge in [0.2, 0.25) is 0 Å². The number of hydrogen-bond donors (Lipinski definition) is 1. The number of aliphatic carboxylic acids is 1. The number of carboxylic acids is 1. The standard InChI is InChI=1S/C14H16O4/c1-2-12(10-11-6-4-3-5-7-11)18-14(17)9-8-13(15)16/h2-7,12H,1,8-10H2,(H,15,16). The van der Waals surface area contributed by atoms with Gasteiger partial charge < -0.3 is 9.84 Å². The Labute approximate surface area is 106 Å². The Morgan fingerprint density at radius 1 is 1.28 bits per heavy atom. The van der Waals surface area contributed by atoms with Crippen molar-refractivity contribution in [1.29, 1.82) is 0 Å². The monoisotopic (exact) mass is 248 g/mol. The normalized spacial score (nSPS) is 11.6. The van der Waals surface area contributed by atoms with Gasteiger partial charge >= 0.3 is 11.9 Å². The summed E-state index contributed by atoms with van der Waals surface area (Å²) in [6.07, 6.45) is 1.34. The van der Waals surface area contributed by atoms with Crippen LogP contribution in [0.25, 0.3) is 0 Å². The van der Waals surface area contributed by atoms with E-state index in [2.05, 4.69) is 6.58 Å². The van der Waals surface area contributed by atoms with E-state index in [1.165, 1.54) is 0 Å². The molecule has 1 aromatic carbocycles. The molecule has 1 unspecified atom stereocenters. The molecule has 0 aliphatic heterocycles. The van der Waals surface area contributed by atoms with E-state index in [-0.39, 0.29) is 12.8 Å². The molecule has 1 rings (SSSR count). The van der Waals surface area contributed by atoms with Gasteiger partial charge in [0.15, 0.2) is 0 Å². The van der Waals surface area contributed by atoms with Crippen LogP contribution in [0.15, 0.2) is 43.0 Å². The molecule has 1 aromatic rings. The maximum Gasteiger partial charge on any atom is 0.306 e. The molecule has 0 bridgehead atoms. The minimum Gasteiger partial charge on any atom is -0.481 e. The van der Waals surface area contributed by atoms with E-state index in [1.54, 1.807) is 6.08 Å². The fourth-order valence-electron chi connectivity index (χ4n) is 1.46. The average Bonchev–Trinajstić information content (AvgIpc) is 2.37. The second-order valence-corrected chi connectivity index (χ2v) is 3.85. The maximum atomic E-state index is 11.4. The lowest BCUT2D eigenvalue weighted by Crippen LogP contribution is -2.19. The van der Waals surface area contributed by atoms with Gasteiger partial charge in [-0.2, -0.15) is 0 Å². The Hall–Kier alpha value is -2.10. The predicted octanol–water partition coefficient (Wildman–Crippen LogP) is 2.19. The zero-order chi connectivity index (χ0) is 13.4. The molecule has 18 heavy (non-hydrogen) atoms. The first-order valence-electron chi connectivity index (χ1n) is 5.69. The Morgan fingerprint density at radius 2 is 1.94 bits per heavy atom. The molecule has 0 amide bonds. The van der Waals surface area contributed by atoms with Crippen LogP contribution in [0.2, 0.25) is 0 Å². The van der Waals surface area contributed by atoms with Crippen LogP contribution < -0.4 is 0 Å². The van der Waals surface area contributed by atoms with Crippen LogP contribution in [-0.4, -0.2) is 23.1 Å². The Morgan fingerprint density at radius 3 is 2.50 bits per heavy atom. The second kappa shape index (κ2) is 7.27. The van der Waals surface area contributed by atoms with Gasteiger partial charge in [-0.15, -0.1) is 0 Å². The fraction of sp³-hybridized carbons (Fsp3) is 0.286. The molecule has 0 fully saturated rings. The number of carboxylic acid groups (broad SMARTS) is 1. The van der Waals surface area contributed by atoms with E-state index < -0.39 is 18.0 Å². The van der Waals surface area contributed by atoms with Gasteiger partial charge in [0.25, 0.3) is 0 Å². The van der Waals surface area contributed by atoms with Crippen molar-refractivity contribution in [2.45, 2.75) is 25.4 Å². The summed E-state index contributed by atoms with van der Waals surface area (Å²) in [4.78, 5) is 21.7. The van der Waals surface area contributed by atoms with Crippen LogP contribution in [0.4, 0.5) is 0 Å². The third-order valence-corrected chi connectivity index (χ3v) is 2.37. The van der Waals surface area contributed by atoms with Gasteiger partial charge in [0.05, 0.1) is 12.8 Å². The fourth-order valence-corrected chi connectivity index (χ4v) is 1.46. The number of ether oxygens (including phenoxy) is 1. The highest BCUT2D eigenvalue weighted by Gasteiger charge is 2.13. The quantitative estimate of drug-likeness (QED) is 0.593. The van der Waals surface area contributed by atoms with Gasteiger partial charge in [-0.05, 0) is 5.56 Å². The summed E-state index contributed by atoms with van der Waals surface area (Å²) >= 11 is 0. The zero-order valence-electron chi connectivity index (χ0n) is 10.0. The van der Waals surface area contributed by atoms with E-state index in [4.69, 9.17) is 9.84 Å². The molecular weight excluding hydrogens is 232 g/mol. The smallest absolute Gasteiger partial charge is 0.306 e. The van der Waals surface area contributed by atoms with Crippen LogP contribution >= 0.6 is 0 Å². The Balaban J connectivity index is 2.45. The molecule has 4 heteroatoms. The van der Waals surface area contributed by atoms with Crippen molar-refractivity contribution < 1.29 is 19.4 Å². The summed E-state index contributed by atoms with van der Waals surface area (Å²) in [5.74, 6) is -1.52. The minimum absolute atomic E-state index is 0.117. The highest BCUT2D eigenvalue weighted by molar-refractivity contribution is 5.76. The molecule has 0 aliphatic rings. The van der Waals surface area contributed by atoms with Crippen LogP contribution in [-0.2, 0) is 20.7 Å². The van der Waals surface area contributed by atoms with Crippen molar-refractivity contribution in [1.82, 2.24) is 0 Å².